The minimum absolute atomic E-state index is 0.215. The van der Waals surface area contributed by atoms with Crippen molar-refractivity contribution in [2.75, 3.05) is 13.8 Å². The van der Waals surface area contributed by atoms with Crippen LogP contribution in [0.3, 0.4) is 0 Å². The molecular weight excluding hydrogens is 350 g/mol. The van der Waals surface area contributed by atoms with Gasteiger partial charge < -0.3 is 19.1 Å². The zero-order chi connectivity index (χ0) is 18.6. The summed E-state index contributed by atoms with van der Waals surface area (Å²) in [5.74, 6) is 1.77. The molecule has 27 heavy (non-hydrogen) atoms. The lowest BCUT2D eigenvalue weighted by Gasteiger charge is -2.14. The number of benzene rings is 1. The third kappa shape index (κ3) is 3.81. The minimum atomic E-state index is -0.216. The lowest BCUT2D eigenvalue weighted by atomic mass is 10.3. The van der Waals surface area contributed by atoms with Gasteiger partial charge in [-0.05, 0) is 18.2 Å². The summed E-state index contributed by atoms with van der Waals surface area (Å²) >= 11 is 0. The first-order chi connectivity index (χ1) is 13.2. The van der Waals surface area contributed by atoms with Crippen LogP contribution in [0.4, 0.5) is 0 Å². The number of hydrogen-bond acceptors (Lipinski definition) is 7. The second-order valence-electron chi connectivity index (χ2n) is 5.94. The van der Waals surface area contributed by atoms with E-state index in [1.165, 1.54) is 4.90 Å². The molecule has 9 nitrogen and oxygen atoms in total. The molecule has 0 radical (unpaired) electrons. The van der Waals surface area contributed by atoms with E-state index in [2.05, 4.69) is 20.2 Å². The molecular formula is C18H17N5O4. The third-order valence-electron chi connectivity index (χ3n) is 3.95. The van der Waals surface area contributed by atoms with E-state index in [0.29, 0.717) is 40.9 Å². The van der Waals surface area contributed by atoms with Crippen LogP contribution in [0.1, 0.15) is 21.9 Å². The van der Waals surface area contributed by atoms with E-state index in [0.717, 1.165) is 0 Å². The molecule has 1 amide bonds. The van der Waals surface area contributed by atoms with Crippen LogP contribution in [0.2, 0.25) is 0 Å². The van der Waals surface area contributed by atoms with Crippen LogP contribution in [-0.4, -0.2) is 44.8 Å². The predicted octanol–water partition coefficient (Wildman–Crippen LogP) is 1.78. The first-order valence-electron chi connectivity index (χ1n) is 8.26. The first kappa shape index (κ1) is 16.8. The number of carbonyl (C=O) groups is 1. The molecule has 0 spiro atoms. The van der Waals surface area contributed by atoms with Crippen molar-refractivity contribution in [1.82, 2.24) is 25.1 Å². The monoisotopic (exact) mass is 367 g/mol. The Balaban J connectivity index is 1.36. The number of aromatic nitrogens is 4. The molecule has 1 aliphatic rings. The van der Waals surface area contributed by atoms with E-state index in [1.54, 1.807) is 49.9 Å². The summed E-state index contributed by atoms with van der Waals surface area (Å²) in [4.78, 5) is 22.2. The van der Waals surface area contributed by atoms with Gasteiger partial charge in [0.1, 0.15) is 12.4 Å². The van der Waals surface area contributed by atoms with E-state index in [1.807, 2.05) is 0 Å². The lowest BCUT2D eigenvalue weighted by Crippen LogP contribution is -2.27. The second kappa shape index (κ2) is 7.32. The van der Waals surface area contributed by atoms with Crippen molar-refractivity contribution >= 4 is 5.91 Å². The van der Waals surface area contributed by atoms with Gasteiger partial charge in [-0.15, -0.1) is 0 Å². The molecule has 4 rings (SSSR count). The summed E-state index contributed by atoms with van der Waals surface area (Å²) in [6, 6.07) is 7.02. The molecule has 1 aromatic carbocycles. The van der Waals surface area contributed by atoms with Crippen LogP contribution in [0.5, 0.6) is 17.2 Å². The highest BCUT2D eigenvalue weighted by Gasteiger charge is 2.17. The Morgan fingerprint density at radius 3 is 3.00 bits per heavy atom. The number of fused-ring (bicyclic) bond motifs is 1. The van der Waals surface area contributed by atoms with Gasteiger partial charge in [-0.25, -0.2) is 0 Å². The number of nitrogens with one attached hydrogen (secondary N) is 1. The number of aromatic amines is 1. The number of carbonyl (C=O) groups excluding carboxylic acids is 1. The van der Waals surface area contributed by atoms with E-state index < -0.39 is 0 Å². The lowest BCUT2D eigenvalue weighted by molar-refractivity contribution is 0.0777. The first-order valence-corrected chi connectivity index (χ1v) is 8.26. The Labute approximate surface area is 154 Å². The van der Waals surface area contributed by atoms with E-state index in [-0.39, 0.29) is 19.3 Å². The van der Waals surface area contributed by atoms with E-state index in [4.69, 9.17) is 14.2 Å². The van der Waals surface area contributed by atoms with Crippen molar-refractivity contribution in [1.29, 1.82) is 0 Å². The molecule has 0 saturated heterocycles. The van der Waals surface area contributed by atoms with E-state index in [9.17, 15) is 4.79 Å². The van der Waals surface area contributed by atoms with Gasteiger partial charge in [0.2, 0.25) is 6.79 Å². The third-order valence-corrected chi connectivity index (χ3v) is 3.95. The summed E-state index contributed by atoms with van der Waals surface area (Å²) in [5.41, 5.74) is 1.70. The molecule has 0 saturated carbocycles. The molecule has 0 aliphatic carbocycles. The molecule has 1 N–H and O–H groups in total. The SMILES string of the molecule is CN(Cc1cnccn1)C(=O)c1cc(COc2ccc3c(c2)OCO3)[nH]n1. The highest BCUT2D eigenvalue weighted by atomic mass is 16.7. The number of rotatable bonds is 6. The summed E-state index contributed by atoms with van der Waals surface area (Å²) in [7, 11) is 1.69. The van der Waals surface area contributed by atoms with Crippen molar-refractivity contribution in [2.24, 2.45) is 0 Å². The zero-order valence-corrected chi connectivity index (χ0v) is 14.6. The Bertz CT molecular complexity index is 944. The number of amides is 1. The molecule has 0 fully saturated rings. The molecule has 1 aliphatic heterocycles. The van der Waals surface area contributed by atoms with Gasteiger partial charge in [-0.2, -0.15) is 5.10 Å². The smallest absolute Gasteiger partial charge is 0.274 e. The van der Waals surface area contributed by atoms with Gasteiger partial charge in [-0.1, -0.05) is 0 Å². The molecule has 3 aromatic rings. The summed E-state index contributed by atoms with van der Waals surface area (Å²) < 4.78 is 16.3. The second-order valence-corrected chi connectivity index (χ2v) is 5.94. The Morgan fingerprint density at radius 2 is 2.15 bits per heavy atom. The van der Waals surface area contributed by atoms with Crippen molar-refractivity contribution in [3.8, 4) is 17.2 Å². The molecule has 0 bridgehead atoms. The van der Waals surface area contributed by atoms with Crippen LogP contribution in [0, 0.1) is 0 Å². The summed E-state index contributed by atoms with van der Waals surface area (Å²) in [5, 5.41) is 6.89. The van der Waals surface area contributed by atoms with E-state index >= 15 is 0 Å². The van der Waals surface area contributed by atoms with Crippen molar-refractivity contribution in [2.45, 2.75) is 13.2 Å². The van der Waals surface area contributed by atoms with Gasteiger partial charge in [0.15, 0.2) is 17.2 Å². The molecule has 9 heteroatoms. The molecule has 2 aromatic heterocycles. The van der Waals surface area contributed by atoms with Gasteiger partial charge in [-0.3, -0.25) is 19.9 Å². The topological polar surface area (TPSA) is 102 Å². The maximum atomic E-state index is 12.5. The molecule has 0 atom stereocenters. The average molecular weight is 367 g/mol. The number of H-pyrrole nitrogens is 1. The fourth-order valence-electron chi connectivity index (χ4n) is 2.59. The van der Waals surface area contributed by atoms with Crippen LogP contribution in [-0.2, 0) is 13.2 Å². The maximum Gasteiger partial charge on any atom is 0.274 e. The summed E-state index contributed by atoms with van der Waals surface area (Å²) in [6.07, 6.45) is 4.80. The minimum Gasteiger partial charge on any atom is -0.487 e. The predicted molar refractivity (Wildman–Crippen MR) is 93.3 cm³/mol. The standard InChI is InChI=1S/C18H17N5O4/c1-23(9-13-8-19-4-5-20-13)18(24)15-6-12(21-22-15)10-25-14-2-3-16-17(7-14)27-11-26-16/h2-8H,9-11H2,1H3,(H,21,22). The number of hydrogen-bond donors (Lipinski definition) is 1. The van der Waals surface area contributed by atoms with Gasteiger partial charge >= 0.3 is 0 Å². The van der Waals surface area contributed by atoms with Crippen molar-refractivity contribution < 1.29 is 19.0 Å². The molecule has 138 valence electrons. The van der Waals surface area contributed by atoms with Crippen molar-refractivity contribution in [3.05, 3.63) is 59.9 Å². The summed E-state index contributed by atoms with van der Waals surface area (Å²) in [6.45, 7) is 0.809. The quantitative estimate of drug-likeness (QED) is 0.708. The largest absolute Gasteiger partial charge is 0.487 e. The Morgan fingerprint density at radius 1 is 1.26 bits per heavy atom. The highest BCUT2D eigenvalue weighted by molar-refractivity contribution is 5.92. The Kier molecular flexibility index (Phi) is 4.56. The highest BCUT2D eigenvalue weighted by Crippen LogP contribution is 2.35. The number of nitrogens with zero attached hydrogens (tertiary/aromatic N) is 4. The van der Waals surface area contributed by atoms with Gasteiger partial charge in [0.05, 0.1) is 24.1 Å². The van der Waals surface area contributed by atoms with Crippen LogP contribution in [0.25, 0.3) is 0 Å². The number of ether oxygens (including phenoxy) is 3. The van der Waals surface area contributed by atoms with Gasteiger partial charge in [0, 0.05) is 25.5 Å². The Hall–Kier alpha value is -3.62. The normalized spacial score (nSPS) is 12.0. The average Bonchev–Trinajstić information content (AvgIpc) is 3.35. The van der Waals surface area contributed by atoms with Crippen LogP contribution < -0.4 is 14.2 Å². The maximum absolute atomic E-state index is 12.5. The fourth-order valence-corrected chi connectivity index (χ4v) is 2.59. The van der Waals surface area contributed by atoms with Crippen LogP contribution in [0.15, 0.2) is 42.9 Å². The van der Waals surface area contributed by atoms with Crippen molar-refractivity contribution in [3.63, 3.8) is 0 Å². The van der Waals surface area contributed by atoms with Gasteiger partial charge in [0.25, 0.3) is 5.91 Å². The zero-order valence-electron chi connectivity index (χ0n) is 14.6. The fraction of sp³-hybridized carbons (Fsp3) is 0.222. The molecule has 0 unspecified atom stereocenters. The molecule has 3 heterocycles. The van der Waals surface area contributed by atoms with Crippen LogP contribution >= 0.6 is 0 Å².